The highest BCUT2D eigenvalue weighted by molar-refractivity contribution is 5.85. The molecule has 2 aromatic rings. The third-order valence-electron chi connectivity index (χ3n) is 4.38. The van der Waals surface area contributed by atoms with Crippen molar-refractivity contribution < 1.29 is 4.79 Å². The summed E-state index contributed by atoms with van der Waals surface area (Å²) in [5, 5.41) is 6.32. The number of fused-ring (bicyclic) bond motifs is 1. The molecule has 3 rings (SSSR count). The first-order valence-corrected chi connectivity index (χ1v) is 7.51. The molecule has 0 bridgehead atoms. The van der Waals surface area contributed by atoms with Gasteiger partial charge in [0, 0.05) is 19.6 Å². The summed E-state index contributed by atoms with van der Waals surface area (Å²) in [6.45, 7) is 7.11. The van der Waals surface area contributed by atoms with Crippen LogP contribution in [0.25, 0.3) is 11.0 Å². The van der Waals surface area contributed by atoms with Gasteiger partial charge in [-0.25, -0.2) is 4.98 Å². The Morgan fingerprint density at radius 2 is 2.13 bits per heavy atom. The highest BCUT2D eigenvalue weighted by Crippen LogP contribution is 2.24. The molecule has 7 heteroatoms. The molecule has 5 nitrogen and oxygen atoms in total. The lowest BCUT2D eigenvalue weighted by atomic mass is 9.89. The van der Waals surface area contributed by atoms with E-state index in [0.29, 0.717) is 6.54 Å². The van der Waals surface area contributed by atoms with E-state index in [1.165, 1.54) is 0 Å². The van der Waals surface area contributed by atoms with Gasteiger partial charge in [-0.05, 0) is 38.9 Å². The summed E-state index contributed by atoms with van der Waals surface area (Å²) in [6, 6.07) is 8.10. The predicted octanol–water partition coefficient (Wildman–Crippen LogP) is 2.30. The average molecular weight is 359 g/mol. The average Bonchev–Trinajstić information content (AvgIpc) is 3.04. The van der Waals surface area contributed by atoms with Crippen LogP contribution in [-0.2, 0) is 11.3 Å². The van der Waals surface area contributed by atoms with Crippen molar-refractivity contribution in [2.45, 2.75) is 26.8 Å². The Balaban J connectivity index is 0.00000132. The highest BCUT2D eigenvalue weighted by atomic mass is 35.5. The molecule has 1 fully saturated rings. The monoisotopic (exact) mass is 358 g/mol. The molecule has 2 N–H and O–H groups in total. The Morgan fingerprint density at radius 3 is 2.83 bits per heavy atom. The minimum Gasteiger partial charge on any atom is -0.354 e. The van der Waals surface area contributed by atoms with E-state index in [0.717, 1.165) is 42.9 Å². The van der Waals surface area contributed by atoms with Crippen LogP contribution in [0.3, 0.4) is 0 Å². The minimum atomic E-state index is -0.258. The molecule has 1 saturated heterocycles. The third kappa shape index (κ3) is 3.97. The van der Waals surface area contributed by atoms with E-state index in [2.05, 4.69) is 26.3 Å². The third-order valence-corrected chi connectivity index (χ3v) is 4.38. The Labute approximate surface area is 149 Å². The number of amides is 1. The largest absolute Gasteiger partial charge is 0.354 e. The number of hydrogen-bond donors (Lipinski definition) is 2. The second-order valence-corrected chi connectivity index (χ2v) is 6.04. The van der Waals surface area contributed by atoms with Crippen molar-refractivity contribution in [3.05, 3.63) is 30.1 Å². The molecule has 0 aliphatic carbocycles. The molecule has 0 radical (unpaired) electrons. The summed E-state index contributed by atoms with van der Waals surface area (Å²) >= 11 is 0. The van der Waals surface area contributed by atoms with Gasteiger partial charge in [0.05, 0.1) is 16.4 Å². The molecule has 1 aliphatic rings. The number of aromatic nitrogens is 2. The standard InChI is InChI=1S/C16H22N4O.2ClH/c1-12-19-13-5-3-4-6-14(13)20(12)10-9-18-15(21)16(2)7-8-17-11-16;;/h3-6,17H,7-11H2,1-2H3,(H,18,21);2*1H. The van der Waals surface area contributed by atoms with Crippen molar-refractivity contribution in [2.75, 3.05) is 19.6 Å². The number of benzene rings is 1. The van der Waals surface area contributed by atoms with E-state index in [9.17, 15) is 4.79 Å². The maximum atomic E-state index is 12.3. The van der Waals surface area contributed by atoms with Gasteiger partial charge >= 0.3 is 0 Å². The van der Waals surface area contributed by atoms with E-state index in [1.54, 1.807) is 0 Å². The fourth-order valence-corrected chi connectivity index (χ4v) is 2.98. The molecule has 2 heterocycles. The van der Waals surface area contributed by atoms with Crippen LogP contribution in [-0.4, -0.2) is 35.1 Å². The van der Waals surface area contributed by atoms with Gasteiger partial charge in [0.1, 0.15) is 5.82 Å². The van der Waals surface area contributed by atoms with Gasteiger partial charge in [0.25, 0.3) is 0 Å². The number of hydrogen-bond acceptors (Lipinski definition) is 3. The van der Waals surface area contributed by atoms with Gasteiger partial charge in [-0.1, -0.05) is 12.1 Å². The van der Waals surface area contributed by atoms with Crippen molar-refractivity contribution in [2.24, 2.45) is 5.41 Å². The van der Waals surface area contributed by atoms with E-state index < -0.39 is 0 Å². The molecule has 1 aromatic carbocycles. The molecule has 0 spiro atoms. The fraction of sp³-hybridized carbons (Fsp3) is 0.500. The van der Waals surface area contributed by atoms with Gasteiger partial charge in [-0.15, -0.1) is 24.8 Å². The first-order valence-electron chi connectivity index (χ1n) is 7.51. The maximum Gasteiger partial charge on any atom is 0.227 e. The number of nitrogens with one attached hydrogen (secondary N) is 2. The van der Waals surface area contributed by atoms with Crippen LogP contribution in [0.1, 0.15) is 19.2 Å². The first kappa shape index (κ1) is 19.7. The molecule has 1 atom stereocenters. The molecule has 1 aromatic heterocycles. The van der Waals surface area contributed by atoms with Crippen molar-refractivity contribution in [3.63, 3.8) is 0 Å². The summed E-state index contributed by atoms with van der Waals surface area (Å²) in [5.41, 5.74) is 1.87. The molecule has 0 saturated carbocycles. The zero-order valence-corrected chi connectivity index (χ0v) is 15.1. The lowest BCUT2D eigenvalue weighted by Crippen LogP contribution is -2.41. The SMILES string of the molecule is Cc1nc2ccccc2n1CCNC(=O)C1(C)CCNC1.Cl.Cl. The van der Waals surface area contributed by atoms with Crippen LogP contribution in [0.4, 0.5) is 0 Å². The smallest absolute Gasteiger partial charge is 0.227 e. The second-order valence-electron chi connectivity index (χ2n) is 6.04. The fourth-order valence-electron chi connectivity index (χ4n) is 2.98. The van der Waals surface area contributed by atoms with Crippen LogP contribution in [0, 0.1) is 12.3 Å². The van der Waals surface area contributed by atoms with Gasteiger partial charge < -0.3 is 15.2 Å². The second kappa shape index (κ2) is 7.99. The summed E-state index contributed by atoms with van der Waals surface area (Å²) in [7, 11) is 0. The van der Waals surface area contributed by atoms with Crippen molar-refractivity contribution in [3.8, 4) is 0 Å². The van der Waals surface area contributed by atoms with E-state index in [4.69, 9.17) is 0 Å². The topological polar surface area (TPSA) is 59.0 Å². The number of imidazole rings is 1. The number of carbonyl (C=O) groups excluding carboxylic acids is 1. The van der Waals surface area contributed by atoms with Gasteiger partial charge in [0.15, 0.2) is 0 Å². The lowest BCUT2D eigenvalue weighted by Gasteiger charge is -2.21. The molecule has 1 aliphatic heterocycles. The van der Waals surface area contributed by atoms with Gasteiger partial charge in [-0.2, -0.15) is 0 Å². The first-order chi connectivity index (χ1) is 10.1. The molecule has 128 valence electrons. The highest BCUT2D eigenvalue weighted by Gasteiger charge is 2.35. The number of rotatable bonds is 4. The lowest BCUT2D eigenvalue weighted by molar-refractivity contribution is -0.129. The Hall–Kier alpha value is -1.30. The van der Waals surface area contributed by atoms with Crippen LogP contribution in [0.15, 0.2) is 24.3 Å². The molecule has 23 heavy (non-hydrogen) atoms. The Kier molecular flexibility index (Phi) is 6.86. The molecular formula is C16H24Cl2N4O. The van der Waals surface area contributed by atoms with Gasteiger partial charge in [-0.3, -0.25) is 4.79 Å². The van der Waals surface area contributed by atoms with Crippen molar-refractivity contribution >= 4 is 41.8 Å². The normalized spacial score (nSPS) is 19.9. The predicted molar refractivity (Wildman–Crippen MR) is 97.6 cm³/mol. The quantitative estimate of drug-likeness (QED) is 0.881. The summed E-state index contributed by atoms with van der Waals surface area (Å²) in [5.74, 6) is 1.13. The molecular weight excluding hydrogens is 335 g/mol. The Morgan fingerprint density at radius 1 is 1.39 bits per heavy atom. The number of aryl methyl sites for hydroxylation is 1. The number of nitrogens with zero attached hydrogens (tertiary/aromatic N) is 2. The van der Waals surface area contributed by atoms with Crippen LogP contribution >= 0.6 is 24.8 Å². The zero-order valence-electron chi connectivity index (χ0n) is 13.5. The Bertz CT molecular complexity index is 665. The zero-order chi connectivity index (χ0) is 14.9. The number of halogens is 2. The number of para-hydroxylation sites is 2. The minimum absolute atomic E-state index is 0. The van der Waals surface area contributed by atoms with Crippen LogP contribution in [0.2, 0.25) is 0 Å². The summed E-state index contributed by atoms with van der Waals surface area (Å²) in [6.07, 6.45) is 0.909. The summed E-state index contributed by atoms with van der Waals surface area (Å²) in [4.78, 5) is 16.8. The van der Waals surface area contributed by atoms with Crippen LogP contribution < -0.4 is 10.6 Å². The van der Waals surface area contributed by atoms with Crippen molar-refractivity contribution in [1.29, 1.82) is 0 Å². The van der Waals surface area contributed by atoms with Crippen molar-refractivity contribution in [1.82, 2.24) is 20.2 Å². The van der Waals surface area contributed by atoms with E-state index >= 15 is 0 Å². The molecule has 1 unspecified atom stereocenters. The van der Waals surface area contributed by atoms with Crippen LogP contribution in [0.5, 0.6) is 0 Å². The van der Waals surface area contributed by atoms with E-state index in [1.807, 2.05) is 32.0 Å². The van der Waals surface area contributed by atoms with E-state index in [-0.39, 0.29) is 36.1 Å². The summed E-state index contributed by atoms with van der Waals surface area (Å²) < 4.78 is 2.16. The maximum absolute atomic E-state index is 12.3. The van der Waals surface area contributed by atoms with Gasteiger partial charge in [0.2, 0.25) is 5.91 Å². The molecule has 1 amide bonds. The number of carbonyl (C=O) groups is 1.